The molecule has 0 saturated carbocycles. The summed E-state index contributed by atoms with van der Waals surface area (Å²) >= 11 is 0. The van der Waals surface area contributed by atoms with E-state index in [9.17, 15) is 9.18 Å². The van der Waals surface area contributed by atoms with E-state index in [1.54, 1.807) is 12.1 Å². The number of pyridine rings is 1. The molecule has 7 nitrogen and oxygen atoms in total. The fourth-order valence-electron chi connectivity index (χ4n) is 3.89. The van der Waals surface area contributed by atoms with Crippen LogP contribution in [0.1, 0.15) is 40.9 Å². The summed E-state index contributed by atoms with van der Waals surface area (Å²) in [5, 5.41) is 3.14. The van der Waals surface area contributed by atoms with Crippen LogP contribution in [0, 0.1) is 19.7 Å². The van der Waals surface area contributed by atoms with Gasteiger partial charge in [-0.1, -0.05) is 18.2 Å². The van der Waals surface area contributed by atoms with E-state index >= 15 is 0 Å². The summed E-state index contributed by atoms with van der Waals surface area (Å²) < 4.78 is 19.1. The first-order chi connectivity index (χ1) is 16.0. The molecule has 0 radical (unpaired) electrons. The zero-order valence-corrected chi connectivity index (χ0v) is 18.9. The van der Waals surface area contributed by atoms with E-state index in [0.29, 0.717) is 45.0 Å². The van der Waals surface area contributed by atoms with Gasteiger partial charge in [0.2, 0.25) is 11.9 Å². The fraction of sp³-hybridized carbons (Fsp3) is 0.360. The Labute approximate surface area is 193 Å². The van der Waals surface area contributed by atoms with Gasteiger partial charge < -0.3 is 15.0 Å². The van der Waals surface area contributed by atoms with Crippen molar-refractivity contribution in [1.82, 2.24) is 19.9 Å². The number of carbonyl (C=O) groups excluding carboxylic acids is 1. The van der Waals surface area contributed by atoms with Crippen molar-refractivity contribution in [3.8, 4) is 0 Å². The summed E-state index contributed by atoms with van der Waals surface area (Å²) in [6, 6.07) is 14.1. The second-order valence-electron chi connectivity index (χ2n) is 8.21. The molecule has 33 heavy (non-hydrogen) atoms. The van der Waals surface area contributed by atoms with Crippen molar-refractivity contribution in [2.45, 2.75) is 32.8 Å². The molecule has 3 heterocycles. The Balaban J connectivity index is 1.33. The summed E-state index contributed by atoms with van der Waals surface area (Å²) in [6.07, 6.45) is 0.683. The van der Waals surface area contributed by atoms with Crippen LogP contribution in [0.5, 0.6) is 0 Å². The molecule has 0 bridgehead atoms. The van der Waals surface area contributed by atoms with Gasteiger partial charge in [0.15, 0.2) is 0 Å². The first-order valence-electron chi connectivity index (χ1n) is 11.1. The van der Waals surface area contributed by atoms with Crippen LogP contribution in [-0.2, 0) is 16.0 Å². The lowest BCUT2D eigenvalue weighted by atomic mass is 10.1. The highest BCUT2D eigenvalue weighted by atomic mass is 19.1. The van der Waals surface area contributed by atoms with Crippen molar-refractivity contribution < 1.29 is 13.9 Å². The number of nitrogens with one attached hydrogen (secondary N) is 1. The molecule has 4 rings (SSSR count). The van der Waals surface area contributed by atoms with E-state index < -0.39 is 0 Å². The lowest BCUT2D eigenvalue weighted by molar-refractivity contribution is -0.138. The lowest BCUT2D eigenvalue weighted by Crippen LogP contribution is -2.43. The number of halogens is 1. The highest BCUT2D eigenvalue weighted by Crippen LogP contribution is 2.22. The molecular formula is C25H28FN5O2. The number of aromatic nitrogens is 3. The molecule has 1 fully saturated rings. The van der Waals surface area contributed by atoms with Gasteiger partial charge in [-0.15, -0.1) is 0 Å². The van der Waals surface area contributed by atoms with E-state index in [0.717, 1.165) is 28.3 Å². The van der Waals surface area contributed by atoms with Crippen molar-refractivity contribution in [2.24, 2.45) is 0 Å². The van der Waals surface area contributed by atoms with Crippen molar-refractivity contribution in [1.29, 1.82) is 0 Å². The maximum Gasteiger partial charge on any atom is 0.224 e. The Hall–Kier alpha value is -3.39. The van der Waals surface area contributed by atoms with Crippen LogP contribution in [0.2, 0.25) is 0 Å². The predicted molar refractivity (Wildman–Crippen MR) is 123 cm³/mol. The van der Waals surface area contributed by atoms with E-state index in [2.05, 4.69) is 15.3 Å². The second kappa shape index (κ2) is 10.5. The zero-order chi connectivity index (χ0) is 23.2. The Morgan fingerprint density at radius 2 is 1.88 bits per heavy atom. The van der Waals surface area contributed by atoms with Crippen molar-refractivity contribution in [2.75, 3.05) is 31.6 Å². The van der Waals surface area contributed by atoms with Gasteiger partial charge in [0.1, 0.15) is 11.9 Å². The van der Waals surface area contributed by atoms with E-state index in [1.807, 2.05) is 43.0 Å². The Bertz CT molecular complexity index is 1090. The van der Waals surface area contributed by atoms with E-state index in [4.69, 9.17) is 9.72 Å². The number of carbonyl (C=O) groups is 1. The molecule has 1 saturated heterocycles. The van der Waals surface area contributed by atoms with Crippen LogP contribution >= 0.6 is 0 Å². The maximum atomic E-state index is 13.2. The Kier molecular flexibility index (Phi) is 7.24. The molecule has 1 atom stereocenters. The van der Waals surface area contributed by atoms with Crippen LogP contribution in [-0.4, -0.2) is 52.0 Å². The molecule has 3 aromatic rings. The monoisotopic (exact) mass is 449 g/mol. The lowest BCUT2D eigenvalue weighted by Gasteiger charge is -2.33. The summed E-state index contributed by atoms with van der Waals surface area (Å²) in [5.74, 6) is 0.350. The molecule has 0 spiro atoms. The smallest absolute Gasteiger partial charge is 0.224 e. The molecule has 1 aliphatic heterocycles. The third-order valence-corrected chi connectivity index (χ3v) is 5.48. The average molecular weight is 450 g/mol. The third-order valence-electron chi connectivity index (χ3n) is 5.48. The summed E-state index contributed by atoms with van der Waals surface area (Å²) in [6.45, 7) is 5.79. The van der Waals surface area contributed by atoms with Crippen molar-refractivity contribution in [3.63, 3.8) is 0 Å². The molecule has 0 aliphatic carbocycles. The first kappa shape index (κ1) is 22.8. The fourth-order valence-corrected chi connectivity index (χ4v) is 3.89. The van der Waals surface area contributed by atoms with Gasteiger partial charge in [-0.25, -0.2) is 14.4 Å². The molecular weight excluding hydrogens is 421 g/mol. The molecule has 1 N–H and O–H groups in total. The number of benzene rings is 1. The number of amides is 1. The SMILES string of the molecule is Cc1cc(C)nc(NCCC(=O)N2CCO[C@@H](c3cccc(Cc4ccc(F)cc4)n3)C2)n1. The number of anilines is 1. The minimum Gasteiger partial charge on any atom is -0.368 e. The van der Waals surface area contributed by atoms with E-state index in [1.165, 1.54) is 12.1 Å². The normalized spacial score (nSPS) is 16.0. The topological polar surface area (TPSA) is 80.2 Å². The third kappa shape index (κ3) is 6.32. The number of ether oxygens (including phenoxy) is 1. The molecule has 8 heteroatoms. The van der Waals surface area contributed by atoms with Crippen molar-refractivity contribution in [3.05, 3.63) is 82.7 Å². The Morgan fingerprint density at radius 3 is 2.64 bits per heavy atom. The zero-order valence-electron chi connectivity index (χ0n) is 18.9. The molecule has 1 aromatic carbocycles. The molecule has 0 unspecified atom stereocenters. The standard InChI is InChI=1S/C25H28FN5O2/c1-17-14-18(2)29-25(28-17)27-11-10-24(32)31-12-13-33-23(16-31)22-5-3-4-21(30-22)15-19-6-8-20(26)9-7-19/h3-9,14,23H,10-13,15-16H2,1-2H3,(H,27,28,29)/t23-/m1/s1. The number of aryl methyl sites for hydroxylation is 2. The van der Waals surface area contributed by atoms with Crippen LogP contribution in [0.4, 0.5) is 10.3 Å². The highest BCUT2D eigenvalue weighted by Gasteiger charge is 2.26. The van der Waals surface area contributed by atoms with Crippen LogP contribution in [0.15, 0.2) is 48.5 Å². The summed E-state index contributed by atoms with van der Waals surface area (Å²) in [4.78, 5) is 28.0. The van der Waals surface area contributed by atoms with Gasteiger partial charge >= 0.3 is 0 Å². The molecule has 1 amide bonds. The summed E-state index contributed by atoms with van der Waals surface area (Å²) in [7, 11) is 0. The minimum absolute atomic E-state index is 0.0580. The van der Waals surface area contributed by atoms with Gasteiger partial charge in [-0.2, -0.15) is 0 Å². The quantitative estimate of drug-likeness (QED) is 0.594. The number of morpholine rings is 1. The highest BCUT2D eigenvalue weighted by molar-refractivity contribution is 5.76. The molecule has 172 valence electrons. The summed E-state index contributed by atoms with van der Waals surface area (Å²) in [5.41, 5.74) is 4.45. The van der Waals surface area contributed by atoms with Crippen LogP contribution in [0.25, 0.3) is 0 Å². The van der Waals surface area contributed by atoms with Crippen molar-refractivity contribution >= 4 is 11.9 Å². The van der Waals surface area contributed by atoms with Gasteiger partial charge in [0.05, 0.1) is 18.8 Å². The predicted octanol–water partition coefficient (Wildman–Crippen LogP) is 3.62. The largest absolute Gasteiger partial charge is 0.368 e. The minimum atomic E-state index is -0.272. The number of hydrogen-bond donors (Lipinski definition) is 1. The van der Waals surface area contributed by atoms with Gasteiger partial charge in [-0.3, -0.25) is 9.78 Å². The second-order valence-corrected chi connectivity index (χ2v) is 8.21. The average Bonchev–Trinajstić information content (AvgIpc) is 2.80. The van der Waals surface area contributed by atoms with Gasteiger partial charge in [0, 0.05) is 43.0 Å². The van der Waals surface area contributed by atoms with Gasteiger partial charge in [0.25, 0.3) is 0 Å². The van der Waals surface area contributed by atoms with Crippen LogP contribution in [0.3, 0.4) is 0 Å². The van der Waals surface area contributed by atoms with Crippen LogP contribution < -0.4 is 5.32 Å². The number of rotatable bonds is 7. The molecule has 1 aliphatic rings. The maximum absolute atomic E-state index is 13.2. The van der Waals surface area contributed by atoms with Gasteiger partial charge in [-0.05, 0) is 49.7 Å². The molecule has 2 aromatic heterocycles. The Morgan fingerprint density at radius 1 is 1.12 bits per heavy atom. The first-order valence-corrected chi connectivity index (χ1v) is 11.1. The van der Waals surface area contributed by atoms with E-state index in [-0.39, 0.29) is 17.8 Å². The number of nitrogens with zero attached hydrogens (tertiary/aromatic N) is 4. The number of hydrogen-bond acceptors (Lipinski definition) is 6.